The van der Waals surface area contributed by atoms with Crippen LogP contribution in [0.1, 0.15) is 38.8 Å². The Morgan fingerprint density at radius 3 is 1.71 bits per heavy atom. The predicted octanol–water partition coefficient (Wildman–Crippen LogP) is 3.20. The van der Waals surface area contributed by atoms with Gasteiger partial charge in [-0.3, -0.25) is 32.7 Å². The molecule has 2 aromatic carbocycles. The van der Waals surface area contributed by atoms with Crippen molar-refractivity contribution >= 4 is 31.6 Å². The van der Waals surface area contributed by atoms with Gasteiger partial charge < -0.3 is 24.3 Å². The number of benzene rings is 2. The molecule has 5 atom stereocenters. The van der Waals surface area contributed by atoms with Gasteiger partial charge in [0, 0.05) is 27.7 Å². The van der Waals surface area contributed by atoms with Gasteiger partial charge >= 0.3 is 25.7 Å². The molecular weight excluding hydrogens is 573 g/mol. The summed E-state index contributed by atoms with van der Waals surface area (Å²) in [5.74, 6) is -2.82. The fraction of sp³-hybridized carbons (Fsp3) is 0.429. The fourth-order valence-electron chi connectivity index (χ4n) is 4.06. The highest BCUT2D eigenvalue weighted by molar-refractivity contribution is 7.48. The summed E-state index contributed by atoms with van der Waals surface area (Å²) in [6.45, 7) is 3.76. The van der Waals surface area contributed by atoms with Gasteiger partial charge in [-0.05, 0) is 11.1 Å². The number of hydrogen-bond donors (Lipinski definition) is 1. The summed E-state index contributed by atoms with van der Waals surface area (Å²) in [6.07, 6.45) is -5.68. The molecule has 13 nitrogen and oxygen atoms in total. The van der Waals surface area contributed by atoms with Crippen LogP contribution >= 0.6 is 7.82 Å². The maximum Gasteiger partial charge on any atom is 0.477 e. The Bertz CT molecular complexity index is 1210. The number of carbonyl (C=O) groups excluding carboxylic acids is 4. The van der Waals surface area contributed by atoms with Crippen LogP contribution in [0, 0.1) is 0 Å². The quantitative estimate of drug-likeness (QED) is 0.201. The van der Waals surface area contributed by atoms with E-state index < -0.39 is 68.9 Å². The molecule has 3 rings (SSSR count). The van der Waals surface area contributed by atoms with Gasteiger partial charge in [0.15, 0.2) is 18.5 Å². The van der Waals surface area contributed by atoms with E-state index in [1.807, 2.05) is 0 Å². The maximum atomic E-state index is 14.1. The third-order valence-electron chi connectivity index (χ3n) is 5.77. The number of amides is 1. The molecule has 0 aromatic heterocycles. The number of phosphoric ester groups is 1. The lowest BCUT2D eigenvalue weighted by Gasteiger charge is -2.45. The molecule has 1 heterocycles. The van der Waals surface area contributed by atoms with Crippen molar-refractivity contribution in [1.29, 1.82) is 0 Å². The van der Waals surface area contributed by atoms with Crippen molar-refractivity contribution in [3.05, 3.63) is 71.8 Å². The molecule has 42 heavy (non-hydrogen) atoms. The van der Waals surface area contributed by atoms with Crippen molar-refractivity contribution in [3.63, 3.8) is 0 Å². The van der Waals surface area contributed by atoms with Gasteiger partial charge in [-0.25, -0.2) is 4.57 Å². The smallest absolute Gasteiger partial charge is 0.463 e. The molecule has 0 radical (unpaired) electrons. The van der Waals surface area contributed by atoms with Crippen LogP contribution in [0.5, 0.6) is 0 Å². The van der Waals surface area contributed by atoms with E-state index in [0.717, 1.165) is 20.8 Å². The predicted molar refractivity (Wildman–Crippen MR) is 145 cm³/mol. The topological polar surface area (TPSA) is 162 Å². The van der Waals surface area contributed by atoms with E-state index in [9.17, 15) is 23.7 Å². The number of carbonyl (C=O) groups is 4. The first-order chi connectivity index (χ1) is 20.0. The number of phosphoric acid groups is 1. The Morgan fingerprint density at radius 1 is 0.762 bits per heavy atom. The fourth-order valence-corrected chi connectivity index (χ4v) is 5.31. The normalized spacial score (nSPS) is 22.0. The highest BCUT2D eigenvalue weighted by atomic mass is 31.2. The van der Waals surface area contributed by atoms with E-state index in [1.165, 1.54) is 6.92 Å². The van der Waals surface area contributed by atoms with Crippen LogP contribution in [-0.4, -0.2) is 61.1 Å². The molecule has 0 aliphatic carbocycles. The molecule has 0 saturated carbocycles. The van der Waals surface area contributed by atoms with Gasteiger partial charge in [0.05, 0.1) is 13.2 Å². The number of nitrogens with one attached hydrogen (secondary N) is 1. The zero-order valence-electron chi connectivity index (χ0n) is 23.6. The first kappa shape index (κ1) is 32.9. The Balaban J connectivity index is 1.98. The second-order valence-electron chi connectivity index (χ2n) is 9.29. The summed E-state index contributed by atoms with van der Waals surface area (Å²) in [4.78, 5) is 47.9. The zero-order chi connectivity index (χ0) is 30.7. The first-order valence-corrected chi connectivity index (χ1v) is 14.5. The lowest BCUT2D eigenvalue weighted by Crippen LogP contribution is -2.66. The van der Waals surface area contributed by atoms with Crippen LogP contribution in [0.25, 0.3) is 0 Å². The molecule has 228 valence electrons. The Labute approximate surface area is 243 Å². The van der Waals surface area contributed by atoms with E-state index in [0.29, 0.717) is 11.1 Å². The lowest BCUT2D eigenvalue weighted by atomic mass is 9.96. The Kier molecular flexibility index (Phi) is 12.2. The van der Waals surface area contributed by atoms with Crippen molar-refractivity contribution in [2.45, 2.75) is 71.6 Å². The molecule has 0 bridgehead atoms. The van der Waals surface area contributed by atoms with E-state index >= 15 is 0 Å². The van der Waals surface area contributed by atoms with Crippen LogP contribution in [0.4, 0.5) is 0 Å². The van der Waals surface area contributed by atoms with Crippen molar-refractivity contribution < 1.29 is 56.3 Å². The standard InChI is InChI=1S/C28H34NO12P/c1-18(30)29-25-27(39-21(4)33)26(38-20(3)32)24(17-35-19(2)31)40-28(25)41-42(34,36-15-22-11-7-5-8-12-22)37-16-23-13-9-6-10-14-23/h5-14,24-28H,15-17H2,1-4H3,(H,29,30). The molecule has 5 unspecified atom stereocenters. The molecule has 1 aliphatic rings. The molecule has 1 amide bonds. The van der Waals surface area contributed by atoms with Gasteiger partial charge in [0.2, 0.25) is 5.91 Å². The molecule has 0 spiro atoms. The molecule has 14 heteroatoms. The van der Waals surface area contributed by atoms with Crippen LogP contribution in [-0.2, 0) is 69.5 Å². The molecule has 2 aromatic rings. The van der Waals surface area contributed by atoms with Crippen LogP contribution in [0.2, 0.25) is 0 Å². The van der Waals surface area contributed by atoms with Gasteiger partial charge in [-0.15, -0.1) is 0 Å². The molecule has 1 aliphatic heterocycles. The van der Waals surface area contributed by atoms with Gasteiger partial charge in [-0.2, -0.15) is 0 Å². The second-order valence-corrected chi connectivity index (χ2v) is 10.9. The van der Waals surface area contributed by atoms with Crippen LogP contribution in [0.15, 0.2) is 60.7 Å². The third kappa shape index (κ3) is 10.3. The lowest BCUT2D eigenvalue weighted by molar-refractivity contribution is -0.261. The van der Waals surface area contributed by atoms with Crippen LogP contribution < -0.4 is 5.32 Å². The van der Waals surface area contributed by atoms with Gasteiger partial charge in [0.1, 0.15) is 18.8 Å². The minimum atomic E-state index is -4.50. The minimum absolute atomic E-state index is 0.176. The van der Waals surface area contributed by atoms with Gasteiger partial charge in [0.25, 0.3) is 0 Å². The monoisotopic (exact) mass is 607 g/mol. The Hall–Kier alpha value is -3.61. The zero-order valence-corrected chi connectivity index (χ0v) is 24.5. The van der Waals surface area contributed by atoms with Crippen molar-refractivity contribution in [3.8, 4) is 0 Å². The van der Waals surface area contributed by atoms with Crippen molar-refractivity contribution in [2.24, 2.45) is 0 Å². The van der Waals surface area contributed by atoms with E-state index in [-0.39, 0.29) is 13.2 Å². The second kappa shape index (κ2) is 15.6. The number of ether oxygens (including phenoxy) is 4. The highest BCUT2D eigenvalue weighted by Crippen LogP contribution is 2.53. The average molecular weight is 608 g/mol. The van der Waals surface area contributed by atoms with E-state index in [1.54, 1.807) is 60.7 Å². The average Bonchev–Trinajstić information content (AvgIpc) is 2.93. The summed E-state index contributed by atoms with van der Waals surface area (Å²) in [7, 11) is -4.50. The number of esters is 3. The molecule has 1 N–H and O–H groups in total. The third-order valence-corrected chi connectivity index (χ3v) is 7.13. The summed E-state index contributed by atoms with van der Waals surface area (Å²) in [5, 5.41) is 2.55. The first-order valence-electron chi connectivity index (χ1n) is 13.0. The van der Waals surface area contributed by atoms with Crippen molar-refractivity contribution in [1.82, 2.24) is 5.32 Å². The Morgan fingerprint density at radius 2 is 1.26 bits per heavy atom. The summed E-state index contributed by atoms with van der Waals surface area (Å²) < 4.78 is 53.1. The van der Waals surface area contributed by atoms with Crippen LogP contribution in [0.3, 0.4) is 0 Å². The summed E-state index contributed by atoms with van der Waals surface area (Å²) in [6, 6.07) is 16.3. The minimum Gasteiger partial charge on any atom is -0.463 e. The number of rotatable bonds is 13. The summed E-state index contributed by atoms with van der Waals surface area (Å²) in [5.41, 5.74) is 1.32. The van der Waals surface area contributed by atoms with Gasteiger partial charge in [-0.1, -0.05) is 60.7 Å². The van der Waals surface area contributed by atoms with E-state index in [4.69, 9.17) is 32.5 Å². The summed E-state index contributed by atoms with van der Waals surface area (Å²) >= 11 is 0. The molecule has 1 saturated heterocycles. The van der Waals surface area contributed by atoms with E-state index in [2.05, 4.69) is 5.32 Å². The maximum absolute atomic E-state index is 14.1. The largest absolute Gasteiger partial charge is 0.477 e. The van der Waals surface area contributed by atoms with Crippen molar-refractivity contribution in [2.75, 3.05) is 6.61 Å². The number of hydrogen-bond acceptors (Lipinski definition) is 12. The molecular formula is C28H34NO12P. The molecule has 1 fully saturated rings. The highest BCUT2D eigenvalue weighted by Gasteiger charge is 2.53. The SMILES string of the molecule is CC(=O)NC1C(OP(=O)(OCc2ccccc2)OCc2ccccc2)OC(COC(C)=O)C(OC(C)=O)C1OC(C)=O.